The van der Waals surface area contributed by atoms with Crippen LogP contribution in [0.15, 0.2) is 0 Å². The molecule has 0 bridgehead atoms. The summed E-state index contributed by atoms with van der Waals surface area (Å²) in [6.07, 6.45) is 5.29. The van der Waals surface area contributed by atoms with E-state index in [1.807, 2.05) is 0 Å². The first-order valence-corrected chi connectivity index (χ1v) is 8.01. The topological polar surface area (TPSA) is 67.6 Å². The molecule has 0 aromatic carbocycles. The molecule has 0 radical (unpaired) electrons. The van der Waals surface area contributed by atoms with Crippen molar-refractivity contribution in [3.05, 3.63) is 16.8 Å². The molecule has 3 aromatic heterocycles. The number of thiophene rings is 1. The van der Waals surface area contributed by atoms with Gasteiger partial charge in [0, 0.05) is 11.1 Å². The average Bonchev–Trinajstić information content (AvgIpc) is 3.08. The lowest BCUT2D eigenvalue weighted by molar-refractivity contribution is 0.709. The van der Waals surface area contributed by atoms with Gasteiger partial charge in [-0.25, -0.2) is 4.98 Å². The van der Waals surface area contributed by atoms with Gasteiger partial charge < -0.3 is 5.73 Å². The van der Waals surface area contributed by atoms with E-state index in [4.69, 9.17) is 10.7 Å². The van der Waals surface area contributed by atoms with E-state index >= 15 is 0 Å². The van der Waals surface area contributed by atoms with E-state index in [9.17, 15) is 0 Å². The van der Waals surface area contributed by atoms with Crippen LogP contribution in [-0.2, 0) is 0 Å². The number of nitrogens with one attached hydrogen (secondary N) is 1. The van der Waals surface area contributed by atoms with E-state index in [1.54, 1.807) is 11.3 Å². The number of pyridine rings is 1. The van der Waals surface area contributed by atoms with Crippen LogP contribution in [-0.4, -0.2) is 15.2 Å². The highest BCUT2D eigenvalue weighted by Gasteiger charge is 2.24. The van der Waals surface area contributed by atoms with Crippen molar-refractivity contribution in [2.75, 3.05) is 5.73 Å². The van der Waals surface area contributed by atoms with Gasteiger partial charge in [-0.05, 0) is 43.7 Å². The van der Waals surface area contributed by atoms with Crippen LogP contribution in [0.1, 0.15) is 48.4 Å². The van der Waals surface area contributed by atoms with Gasteiger partial charge in [0.1, 0.15) is 4.83 Å². The molecule has 0 spiro atoms. The van der Waals surface area contributed by atoms with Gasteiger partial charge in [0.05, 0.1) is 10.2 Å². The van der Waals surface area contributed by atoms with E-state index in [0.717, 1.165) is 15.0 Å². The Bertz CT molecular complexity index is 808. The molecule has 4 rings (SSSR count). The maximum atomic E-state index is 5.93. The summed E-state index contributed by atoms with van der Waals surface area (Å²) in [4.78, 5) is 5.93. The van der Waals surface area contributed by atoms with Gasteiger partial charge in [-0.1, -0.05) is 12.8 Å². The molecule has 3 N–H and O–H groups in total. The summed E-state index contributed by atoms with van der Waals surface area (Å²) in [5.74, 6) is 1.27. The van der Waals surface area contributed by atoms with Gasteiger partial charge in [-0.2, -0.15) is 5.10 Å². The molecular formula is C15H18N4S. The number of fused-ring (bicyclic) bond motifs is 3. The number of H-pyrrole nitrogens is 1. The van der Waals surface area contributed by atoms with Crippen molar-refractivity contribution in [3.8, 4) is 0 Å². The fourth-order valence-corrected chi connectivity index (χ4v) is 4.87. The molecule has 0 amide bonds. The first-order chi connectivity index (χ1) is 9.66. The Labute approximate surface area is 121 Å². The molecule has 3 aromatic rings. The van der Waals surface area contributed by atoms with E-state index in [0.29, 0.717) is 11.7 Å². The average molecular weight is 286 g/mol. The number of hydrogen-bond acceptors (Lipinski definition) is 4. The molecule has 104 valence electrons. The summed E-state index contributed by atoms with van der Waals surface area (Å²) in [6, 6.07) is 0. The Hall–Kier alpha value is -1.62. The van der Waals surface area contributed by atoms with Crippen molar-refractivity contribution < 1.29 is 0 Å². The summed E-state index contributed by atoms with van der Waals surface area (Å²) < 4.78 is 1.04. The summed E-state index contributed by atoms with van der Waals surface area (Å²) in [6.45, 7) is 4.38. The summed E-state index contributed by atoms with van der Waals surface area (Å²) in [5, 5.41) is 8.44. The van der Waals surface area contributed by atoms with Gasteiger partial charge in [0.25, 0.3) is 0 Å². The van der Waals surface area contributed by atoms with Crippen LogP contribution in [0.5, 0.6) is 0 Å². The number of hydrogen-bond donors (Lipinski definition) is 2. The normalized spacial score (nSPS) is 16.7. The van der Waals surface area contributed by atoms with Crippen LogP contribution in [0, 0.1) is 13.8 Å². The van der Waals surface area contributed by atoms with Gasteiger partial charge in [0.2, 0.25) is 0 Å². The summed E-state index contributed by atoms with van der Waals surface area (Å²) >= 11 is 1.64. The lowest BCUT2D eigenvalue weighted by Crippen LogP contribution is -2.02. The number of nitrogens with two attached hydrogens (primary N) is 1. The fourth-order valence-electron chi connectivity index (χ4n) is 3.73. The molecule has 3 heterocycles. The summed E-state index contributed by atoms with van der Waals surface area (Å²) in [7, 11) is 0. The second-order valence-electron chi connectivity index (χ2n) is 5.81. The van der Waals surface area contributed by atoms with Crippen LogP contribution in [0.3, 0.4) is 0 Å². The molecule has 4 nitrogen and oxygen atoms in total. The van der Waals surface area contributed by atoms with E-state index in [2.05, 4.69) is 24.0 Å². The minimum atomic E-state index is 0.586. The number of aromatic amines is 1. The Morgan fingerprint density at radius 1 is 1.25 bits per heavy atom. The maximum Gasteiger partial charge on any atom is 0.163 e. The Morgan fingerprint density at radius 3 is 2.75 bits per heavy atom. The molecule has 0 atom stereocenters. The zero-order valence-electron chi connectivity index (χ0n) is 11.8. The third-order valence-corrected chi connectivity index (χ3v) is 5.72. The number of aromatic nitrogens is 3. The van der Waals surface area contributed by atoms with Crippen molar-refractivity contribution in [2.24, 2.45) is 0 Å². The third-order valence-electron chi connectivity index (χ3n) is 4.61. The van der Waals surface area contributed by atoms with Crippen molar-refractivity contribution >= 4 is 37.6 Å². The minimum absolute atomic E-state index is 0.586. The van der Waals surface area contributed by atoms with Gasteiger partial charge in [-0.3, -0.25) is 5.10 Å². The second-order valence-corrected chi connectivity index (χ2v) is 6.81. The zero-order chi connectivity index (χ0) is 13.9. The standard InChI is InChI=1S/C15H18N4S/c1-7-10(9-5-3-4-6-9)8(2)17-15-11(7)12-13(20-15)14(16)19-18-12/h9H,3-6H2,1-2H3,(H3,16,18,19). The van der Waals surface area contributed by atoms with E-state index < -0.39 is 0 Å². The highest BCUT2D eigenvalue weighted by Crippen LogP contribution is 2.43. The van der Waals surface area contributed by atoms with Gasteiger partial charge in [-0.15, -0.1) is 11.3 Å². The van der Waals surface area contributed by atoms with Crippen molar-refractivity contribution in [2.45, 2.75) is 45.4 Å². The molecule has 1 aliphatic rings. The largest absolute Gasteiger partial charge is 0.381 e. The van der Waals surface area contributed by atoms with E-state index in [1.165, 1.54) is 47.9 Å². The lowest BCUT2D eigenvalue weighted by atomic mass is 9.91. The van der Waals surface area contributed by atoms with Crippen LogP contribution >= 0.6 is 11.3 Å². The molecular weight excluding hydrogens is 268 g/mol. The van der Waals surface area contributed by atoms with Crippen LogP contribution < -0.4 is 5.73 Å². The zero-order valence-corrected chi connectivity index (χ0v) is 12.6. The molecule has 1 aliphatic carbocycles. The highest BCUT2D eigenvalue weighted by atomic mass is 32.1. The van der Waals surface area contributed by atoms with Crippen LogP contribution in [0.4, 0.5) is 5.82 Å². The van der Waals surface area contributed by atoms with Crippen LogP contribution in [0.25, 0.3) is 20.4 Å². The highest BCUT2D eigenvalue weighted by molar-refractivity contribution is 7.26. The SMILES string of the molecule is Cc1nc2sc3c(N)n[nH]c3c2c(C)c1C1CCCC1. The molecule has 0 aliphatic heterocycles. The molecule has 5 heteroatoms. The predicted octanol–water partition coefficient (Wildman–Crippen LogP) is 4.03. The molecule has 1 fully saturated rings. The molecule has 20 heavy (non-hydrogen) atoms. The molecule has 0 unspecified atom stereocenters. The Balaban J connectivity index is 2.07. The number of nitrogen functional groups attached to an aromatic ring is 1. The lowest BCUT2D eigenvalue weighted by Gasteiger charge is -2.16. The fraction of sp³-hybridized carbons (Fsp3) is 0.467. The van der Waals surface area contributed by atoms with Crippen molar-refractivity contribution in [1.29, 1.82) is 0 Å². The maximum absolute atomic E-state index is 5.93. The minimum Gasteiger partial charge on any atom is -0.381 e. The van der Waals surface area contributed by atoms with E-state index in [-0.39, 0.29) is 0 Å². The second kappa shape index (κ2) is 4.19. The third kappa shape index (κ3) is 1.53. The molecule has 0 saturated heterocycles. The van der Waals surface area contributed by atoms with Crippen LogP contribution in [0.2, 0.25) is 0 Å². The first kappa shape index (κ1) is 12.1. The van der Waals surface area contributed by atoms with Crippen molar-refractivity contribution in [1.82, 2.24) is 15.2 Å². The number of anilines is 1. The smallest absolute Gasteiger partial charge is 0.163 e. The Kier molecular flexibility index (Phi) is 2.54. The summed E-state index contributed by atoms with van der Waals surface area (Å²) in [5.41, 5.74) is 11.0. The Morgan fingerprint density at radius 2 is 2.00 bits per heavy atom. The number of aryl methyl sites for hydroxylation is 2. The van der Waals surface area contributed by atoms with Gasteiger partial charge >= 0.3 is 0 Å². The number of nitrogens with zero attached hydrogens (tertiary/aromatic N) is 2. The van der Waals surface area contributed by atoms with Gasteiger partial charge in [0.15, 0.2) is 5.82 Å². The quantitative estimate of drug-likeness (QED) is 0.709. The van der Waals surface area contributed by atoms with Crippen molar-refractivity contribution in [3.63, 3.8) is 0 Å². The first-order valence-electron chi connectivity index (χ1n) is 7.20. The molecule has 1 saturated carbocycles. The predicted molar refractivity (Wildman–Crippen MR) is 84.4 cm³/mol. The number of rotatable bonds is 1. The monoisotopic (exact) mass is 286 g/mol.